The standard InChI is InChI=1S/C7H15NO6S/c9-3-5-14-4-2-8-15(12,13)6-1-7(10)11/h8-9H,1-6H2,(H,10,11). The molecular weight excluding hydrogens is 226 g/mol. The van der Waals surface area contributed by atoms with Crippen molar-refractivity contribution < 1.29 is 28.2 Å². The average molecular weight is 241 g/mol. The van der Waals surface area contributed by atoms with Gasteiger partial charge in [-0.05, 0) is 0 Å². The highest BCUT2D eigenvalue weighted by atomic mass is 32.2. The maximum absolute atomic E-state index is 11.1. The maximum Gasteiger partial charge on any atom is 0.304 e. The zero-order valence-corrected chi connectivity index (χ0v) is 8.99. The fourth-order valence-electron chi connectivity index (χ4n) is 0.730. The van der Waals surface area contributed by atoms with Gasteiger partial charge in [0.2, 0.25) is 10.0 Å². The number of sulfonamides is 1. The van der Waals surface area contributed by atoms with E-state index in [0.29, 0.717) is 0 Å². The molecule has 0 heterocycles. The van der Waals surface area contributed by atoms with Crippen LogP contribution in [0.15, 0.2) is 0 Å². The van der Waals surface area contributed by atoms with Crippen LogP contribution in [0.4, 0.5) is 0 Å². The Balaban J connectivity index is 3.61. The Morgan fingerprint density at radius 3 is 2.53 bits per heavy atom. The molecule has 90 valence electrons. The smallest absolute Gasteiger partial charge is 0.304 e. The van der Waals surface area contributed by atoms with Crippen LogP contribution >= 0.6 is 0 Å². The molecule has 0 aliphatic carbocycles. The minimum atomic E-state index is -3.54. The highest BCUT2D eigenvalue weighted by Gasteiger charge is 2.11. The molecule has 0 unspecified atom stereocenters. The summed E-state index contributed by atoms with van der Waals surface area (Å²) in [6, 6.07) is 0. The number of carboxylic acid groups (broad SMARTS) is 1. The van der Waals surface area contributed by atoms with Crippen molar-refractivity contribution >= 4 is 16.0 Å². The topological polar surface area (TPSA) is 113 Å². The summed E-state index contributed by atoms with van der Waals surface area (Å²) in [6.45, 7) is 0.247. The van der Waals surface area contributed by atoms with E-state index in [9.17, 15) is 13.2 Å². The molecule has 0 saturated carbocycles. The first kappa shape index (κ1) is 14.3. The van der Waals surface area contributed by atoms with Crippen LogP contribution < -0.4 is 4.72 Å². The molecule has 0 rings (SSSR count). The van der Waals surface area contributed by atoms with Gasteiger partial charge in [-0.25, -0.2) is 13.1 Å². The van der Waals surface area contributed by atoms with E-state index in [1.165, 1.54) is 0 Å². The molecule has 0 radical (unpaired) electrons. The molecule has 0 saturated heterocycles. The van der Waals surface area contributed by atoms with Gasteiger partial charge in [-0.1, -0.05) is 0 Å². The molecule has 8 heteroatoms. The molecule has 0 aromatic heterocycles. The number of aliphatic hydroxyl groups is 1. The number of aliphatic carboxylic acids is 1. The van der Waals surface area contributed by atoms with Gasteiger partial charge in [0.1, 0.15) is 0 Å². The van der Waals surface area contributed by atoms with Crippen molar-refractivity contribution in [2.24, 2.45) is 0 Å². The third kappa shape index (κ3) is 9.60. The first-order valence-electron chi connectivity index (χ1n) is 4.35. The van der Waals surface area contributed by atoms with Crippen molar-refractivity contribution in [3.05, 3.63) is 0 Å². The summed E-state index contributed by atoms with van der Waals surface area (Å²) >= 11 is 0. The summed E-state index contributed by atoms with van der Waals surface area (Å²) in [6.07, 6.45) is -0.424. The molecule has 0 fully saturated rings. The minimum Gasteiger partial charge on any atom is -0.481 e. The van der Waals surface area contributed by atoms with E-state index < -0.39 is 28.2 Å². The Bertz CT molecular complexity index is 275. The summed E-state index contributed by atoms with van der Waals surface area (Å²) < 4.78 is 29.2. The van der Waals surface area contributed by atoms with E-state index in [1.807, 2.05) is 0 Å². The largest absolute Gasteiger partial charge is 0.481 e. The highest BCUT2D eigenvalue weighted by Crippen LogP contribution is 1.89. The molecule has 0 spiro atoms. The third-order valence-corrected chi connectivity index (χ3v) is 2.77. The lowest BCUT2D eigenvalue weighted by molar-refractivity contribution is -0.136. The van der Waals surface area contributed by atoms with Gasteiger partial charge in [0.25, 0.3) is 0 Å². The predicted molar refractivity (Wildman–Crippen MR) is 51.9 cm³/mol. The second-order valence-electron chi connectivity index (χ2n) is 2.69. The van der Waals surface area contributed by atoms with Crippen molar-refractivity contribution in [1.82, 2.24) is 4.72 Å². The molecule has 0 aliphatic rings. The van der Waals surface area contributed by atoms with E-state index >= 15 is 0 Å². The van der Waals surface area contributed by atoms with E-state index in [-0.39, 0.29) is 26.4 Å². The lowest BCUT2D eigenvalue weighted by Crippen LogP contribution is -2.30. The maximum atomic E-state index is 11.1. The highest BCUT2D eigenvalue weighted by molar-refractivity contribution is 7.89. The lowest BCUT2D eigenvalue weighted by Gasteiger charge is -2.05. The third-order valence-electron chi connectivity index (χ3n) is 1.39. The molecule has 0 aromatic carbocycles. The average Bonchev–Trinajstić information content (AvgIpc) is 2.15. The molecular formula is C7H15NO6S. The molecule has 0 atom stereocenters. The van der Waals surface area contributed by atoms with Crippen molar-refractivity contribution in [2.75, 3.05) is 32.1 Å². The summed E-state index contributed by atoms with van der Waals surface area (Å²) in [4.78, 5) is 10.1. The van der Waals surface area contributed by atoms with Crippen molar-refractivity contribution in [3.63, 3.8) is 0 Å². The minimum absolute atomic E-state index is 0.0714. The van der Waals surface area contributed by atoms with Crippen LogP contribution in [0.5, 0.6) is 0 Å². The van der Waals surface area contributed by atoms with E-state index in [2.05, 4.69) is 4.72 Å². The van der Waals surface area contributed by atoms with Crippen LogP contribution in [-0.4, -0.2) is 56.7 Å². The van der Waals surface area contributed by atoms with Gasteiger partial charge in [0, 0.05) is 6.54 Å². The number of rotatable bonds is 9. The zero-order chi connectivity index (χ0) is 11.7. The number of carbonyl (C=O) groups is 1. The summed E-state index contributed by atoms with van der Waals surface area (Å²) in [5.74, 6) is -1.60. The molecule has 15 heavy (non-hydrogen) atoms. The van der Waals surface area contributed by atoms with Crippen molar-refractivity contribution in [2.45, 2.75) is 6.42 Å². The van der Waals surface area contributed by atoms with Gasteiger partial charge in [-0.3, -0.25) is 4.79 Å². The normalized spacial score (nSPS) is 11.5. The van der Waals surface area contributed by atoms with Crippen molar-refractivity contribution in [1.29, 1.82) is 0 Å². The Labute approximate surface area is 88.1 Å². The number of ether oxygens (including phenoxy) is 1. The first-order valence-corrected chi connectivity index (χ1v) is 6.01. The van der Waals surface area contributed by atoms with Gasteiger partial charge in [0.05, 0.1) is 32.0 Å². The van der Waals surface area contributed by atoms with Crippen LogP contribution in [0, 0.1) is 0 Å². The van der Waals surface area contributed by atoms with Gasteiger partial charge in [0.15, 0.2) is 0 Å². The van der Waals surface area contributed by atoms with Crippen LogP contribution in [0.1, 0.15) is 6.42 Å². The van der Waals surface area contributed by atoms with E-state index in [4.69, 9.17) is 14.9 Å². The molecule has 0 bridgehead atoms. The van der Waals surface area contributed by atoms with Gasteiger partial charge >= 0.3 is 5.97 Å². The SMILES string of the molecule is O=C(O)CCS(=O)(=O)NCCOCCO. The summed E-state index contributed by atoms with van der Waals surface area (Å²) in [5.41, 5.74) is 0. The predicted octanol–water partition coefficient (Wildman–Crippen LogP) is -1.61. The van der Waals surface area contributed by atoms with Crippen molar-refractivity contribution in [3.8, 4) is 0 Å². The van der Waals surface area contributed by atoms with Gasteiger partial charge in [-0.2, -0.15) is 0 Å². The van der Waals surface area contributed by atoms with Crippen LogP contribution in [-0.2, 0) is 19.6 Å². The zero-order valence-electron chi connectivity index (χ0n) is 8.18. The second kappa shape index (κ2) is 7.57. The van der Waals surface area contributed by atoms with E-state index in [0.717, 1.165) is 0 Å². The van der Waals surface area contributed by atoms with Crippen LogP contribution in [0.2, 0.25) is 0 Å². The Morgan fingerprint density at radius 2 is 2.00 bits per heavy atom. The molecule has 0 aromatic rings. The molecule has 0 aliphatic heterocycles. The first-order chi connectivity index (χ1) is 6.98. The Morgan fingerprint density at radius 1 is 1.33 bits per heavy atom. The lowest BCUT2D eigenvalue weighted by atomic mass is 10.5. The number of carboxylic acids is 1. The fraction of sp³-hybridized carbons (Fsp3) is 0.857. The van der Waals surface area contributed by atoms with Crippen LogP contribution in [0.3, 0.4) is 0 Å². The number of aliphatic hydroxyl groups excluding tert-OH is 1. The monoisotopic (exact) mass is 241 g/mol. The van der Waals surface area contributed by atoms with E-state index in [1.54, 1.807) is 0 Å². The fourth-order valence-corrected chi connectivity index (χ4v) is 1.71. The number of hydrogen-bond acceptors (Lipinski definition) is 5. The molecule has 3 N–H and O–H groups in total. The number of nitrogens with one attached hydrogen (secondary N) is 1. The van der Waals surface area contributed by atoms with Gasteiger partial charge < -0.3 is 14.9 Å². The molecule has 7 nitrogen and oxygen atoms in total. The number of hydrogen-bond donors (Lipinski definition) is 3. The Hall–Kier alpha value is -0.700. The second-order valence-corrected chi connectivity index (χ2v) is 4.62. The molecule has 0 amide bonds. The summed E-state index contributed by atoms with van der Waals surface area (Å²) in [7, 11) is -3.54. The van der Waals surface area contributed by atoms with Gasteiger partial charge in [-0.15, -0.1) is 0 Å². The quantitative estimate of drug-likeness (QED) is 0.419. The van der Waals surface area contributed by atoms with Crippen LogP contribution in [0.25, 0.3) is 0 Å². The summed E-state index contributed by atoms with van der Waals surface area (Å²) in [5, 5.41) is 16.6. The Kier molecular flexibility index (Phi) is 7.22.